The number of amides is 1. The van der Waals surface area contributed by atoms with Gasteiger partial charge in [0.1, 0.15) is 5.69 Å². The van der Waals surface area contributed by atoms with Crippen LogP contribution in [0.1, 0.15) is 53.6 Å². The summed E-state index contributed by atoms with van der Waals surface area (Å²) in [6.07, 6.45) is 5.60. The Balaban J connectivity index is 1.51. The summed E-state index contributed by atoms with van der Waals surface area (Å²) >= 11 is 0. The second-order valence-electron chi connectivity index (χ2n) is 9.42. The van der Waals surface area contributed by atoms with Crippen molar-refractivity contribution in [2.45, 2.75) is 51.7 Å². The maximum Gasteiger partial charge on any atom is 0.254 e. The lowest BCUT2D eigenvalue weighted by Gasteiger charge is -2.29. The van der Waals surface area contributed by atoms with Gasteiger partial charge in [-0.15, -0.1) is 0 Å². The molecule has 1 aromatic heterocycles. The number of benzene rings is 2. The number of hydrogen-bond acceptors (Lipinski definition) is 5. The molecule has 3 aromatic rings. The maximum absolute atomic E-state index is 13.7. The van der Waals surface area contributed by atoms with E-state index in [4.69, 9.17) is 9.26 Å². The van der Waals surface area contributed by atoms with Crippen LogP contribution in [0.3, 0.4) is 0 Å². The van der Waals surface area contributed by atoms with E-state index in [1.54, 1.807) is 0 Å². The molecule has 1 atom stereocenters. The Hall–Kier alpha value is -3.12. The molecule has 6 nitrogen and oxygen atoms in total. The van der Waals surface area contributed by atoms with E-state index in [0.717, 1.165) is 73.6 Å². The first-order chi connectivity index (χ1) is 16.7. The van der Waals surface area contributed by atoms with Crippen LogP contribution in [0, 0.1) is 6.92 Å². The smallest absolute Gasteiger partial charge is 0.254 e. The molecule has 2 aliphatic rings. The van der Waals surface area contributed by atoms with Gasteiger partial charge in [-0.2, -0.15) is 0 Å². The van der Waals surface area contributed by atoms with E-state index in [-0.39, 0.29) is 12.0 Å². The molecule has 178 valence electrons. The number of aromatic nitrogens is 1. The van der Waals surface area contributed by atoms with Gasteiger partial charge in [-0.25, -0.2) is 0 Å². The molecule has 0 bridgehead atoms. The topological polar surface area (TPSA) is 58.8 Å². The van der Waals surface area contributed by atoms with Gasteiger partial charge in [0.25, 0.3) is 5.91 Å². The molecule has 1 amide bonds. The number of aryl methyl sites for hydroxylation is 1. The number of ether oxygens (including phenoxy) is 1. The van der Waals surface area contributed by atoms with Gasteiger partial charge in [0.15, 0.2) is 0 Å². The van der Waals surface area contributed by atoms with Gasteiger partial charge in [0.2, 0.25) is 5.88 Å². The third-order valence-corrected chi connectivity index (χ3v) is 6.84. The predicted octanol–water partition coefficient (Wildman–Crippen LogP) is 5.46. The van der Waals surface area contributed by atoms with Crippen LogP contribution in [0.15, 0.2) is 59.1 Å². The van der Waals surface area contributed by atoms with Crippen LogP contribution in [0.25, 0.3) is 11.3 Å². The fourth-order valence-corrected chi connectivity index (χ4v) is 4.93. The number of carbonyl (C=O) groups is 1. The zero-order valence-electron chi connectivity index (χ0n) is 19.9. The van der Waals surface area contributed by atoms with Gasteiger partial charge in [0, 0.05) is 37.4 Å². The largest absolute Gasteiger partial charge is 0.376 e. The second kappa shape index (κ2) is 10.4. The van der Waals surface area contributed by atoms with Crippen molar-refractivity contribution >= 4 is 11.8 Å². The van der Waals surface area contributed by atoms with Crippen molar-refractivity contribution < 1.29 is 14.1 Å². The summed E-state index contributed by atoms with van der Waals surface area (Å²) in [6, 6.07) is 17.9. The molecule has 3 heterocycles. The highest BCUT2D eigenvalue weighted by Crippen LogP contribution is 2.34. The van der Waals surface area contributed by atoms with Gasteiger partial charge < -0.3 is 19.1 Å². The summed E-state index contributed by atoms with van der Waals surface area (Å²) in [5.74, 6) is 0.813. The molecule has 5 rings (SSSR count). The van der Waals surface area contributed by atoms with Gasteiger partial charge in [-0.05, 0) is 51.2 Å². The molecule has 2 saturated heterocycles. The molecule has 0 radical (unpaired) electrons. The first-order valence-corrected chi connectivity index (χ1v) is 12.5. The molecule has 2 fully saturated rings. The zero-order valence-corrected chi connectivity index (χ0v) is 19.9. The van der Waals surface area contributed by atoms with Crippen molar-refractivity contribution in [3.8, 4) is 11.3 Å². The molecule has 6 heteroatoms. The van der Waals surface area contributed by atoms with Crippen LogP contribution in [-0.4, -0.2) is 48.3 Å². The highest BCUT2D eigenvalue weighted by atomic mass is 16.5. The second-order valence-corrected chi connectivity index (χ2v) is 9.42. The van der Waals surface area contributed by atoms with Crippen LogP contribution in [-0.2, 0) is 11.3 Å². The summed E-state index contributed by atoms with van der Waals surface area (Å²) in [4.78, 5) is 17.9. The normalized spacial score (nSPS) is 18.3. The van der Waals surface area contributed by atoms with Gasteiger partial charge in [-0.1, -0.05) is 53.2 Å². The van der Waals surface area contributed by atoms with Gasteiger partial charge >= 0.3 is 0 Å². The van der Waals surface area contributed by atoms with E-state index < -0.39 is 0 Å². The number of rotatable bonds is 7. The summed E-state index contributed by atoms with van der Waals surface area (Å²) in [5, 5.41) is 4.50. The number of nitrogens with zero attached hydrogens (tertiary/aromatic N) is 3. The quantitative estimate of drug-likeness (QED) is 0.469. The Labute approximate surface area is 201 Å². The van der Waals surface area contributed by atoms with Crippen LogP contribution in [0.5, 0.6) is 0 Å². The molecule has 0 unspecified atom stereocenters. The lowest BCUT2D eigenvalue weighted by atomic mass is 10.0. The predicted molar refractivity (Wildman–Crippen MR) is 133 cm³/mol. The monoisotopic (exact) mass is 459 g/mol. The van der Waals surface area contributed by atoms with Crippen LogP contribution in [0.4, 0.5) is 5.88 Å². The Morgan fingerprint density at radius 2 is 1.79 bits per heavy atom. The fraction of sp³-hybridized carbons (Fsp3) is 0.429. The Morgan fingerprint density at radius 1 is 1.03 bits per heavy atom. The molecular formula is C28H33N3O3. The number of piperidine rings is 1. The summed E-state index contributed by atoms with van der Waals surface area (Å²) in [7, 11) is 0. The Bertz CT molecular complexity index is 1080. The average molecular weight is 460 g/mol. The Morgan fingerprint density at radius 3 is 2.50 bits per heavy atom. The van der Waals surface area contributed by atoms with Crippen molar-refractivity contribution in [2.75, 3.05) is 31.1 Å². The van der Waals surface area contributed by atoms with E-state index in [1.165, 1.54) is 6.42 Å². The first-order valence-electron chi connectivity index (χ1n) is 12.5. The van der Waals surface area contributed by atoms with Crippen LogP contribution >= 0.6 is 0 Å². The third kappa shape index (κ3) is 5.02. The Kier molecular flexibility index (Phi) is 6.95. The number of hydrogen-bond donors (Lipinski definition) is 0. The lowest BCUT2D eigenvalue weighted by Crippen LogP contribution is -2.38. The minimum absolute atomic E-state index is 0.0142. The SMILES string of the molecule is Cc1ccc(C(=O)N(Cc2c(-c3ccccc3)noc2N2CCCCC2)C[C@@H]2CCCO2)cc1. The van der Waals surface area contributed by atoms with Crippen LogP contribution in [0.2, 0.25) is 0 Å². The standard InChI is InChI=1S/C28H33N3O3/c1-21-12-14-23(15-13-21)27(32)31(19-24-11-8-18-33-24)20-25-26(22-9-4-2-5-10-22)29-34-28(25)30-16-6-3-7-17-30/h2,4-5,9-10,12-15,24H,3,6-8,11,16-20H2,1H3/t24-/m0/s1. The molecule has 0 N–H and O–H groups in total. The summed E-state index contributed by atoms with van der Waals surface area (Å²) in [6.45, 7) is 5.70. The van der Waals surface area contributed by atoms with Gasteiger partial charge in [-0.3, -0.25) is 4.79 Å². The van der Waals surface area contributed by atoms with E-state index >= 15 is 0 Å². The number of anilines is 1. The van der Waals surface area contributed by atoms with Crippen LogP contribution < -0.4 is 4.90 Å². The first kappa shape index (κ1) is 22.7. The highest BCUT2D eigenvalue weighted by molar-refractivity contribution is 5.94. The van der Waals surface area contributed by atoms with Crippen molar-refractivity contribution in [1.29, 1.82) is 0 Å². The molecule has 0 spiro atoms. The molecular weight excluding hydrogens is 426 g/mol. The van der Waals surface area contributed by atoms with E-state index in [9.17, 15) is 4.79 Å². The fourth-order valence-electron chi connectivity index (χ4n) is 4.93. The lowest BCUT2D eigenvalue weighted by molar-refractivity contribution is 0.0507. The van der Waals surface area contributed by atoms with E-state index in [0.29, 0.717) is 18.7 Å². The summed E-state index contributed by atoms with van der Waals surface area (Å²) in [5.41, 5.74) is 4.63. The van der Waals surface area contributed by atoms with Crippen molar-refractivity contribution in [3.05, 3.63) is 71.3 Å². The van der Waals surface area contributed by atoms with E-state index in [1.807, 2.05) is 66.4 Å². The minimum atomic E-state index is 0.0142. The van der Waals surface area contributed by atoms with Crippen molar-refractivity contribution in [2.24, 2.45) is 0 Å². The van der Waals surface area contributed by atoms with E-state index in [2.05, 4.69) is 10.1 Å². The third-order valence-electron chi connectivity index (χ3n) is 6.84. The molecule has 34 heavy (non-hydrogen) atoms. The molecule has 2 aliphatic heterocycles. The number of carbonyl (C=O) groups excluding carboxylic acids is 1. The minimum Gasteiger partial charge on any atom is -0.376 e. The molecule has 0 saturated carbocycles. The molecule has 0 aliphatic carbocycles. The zero-order chi connectivity index (χ0) is 23.3. The maximum atomic E-state index is 13.7. The van der Waals surface area contributed by atoms with Gasteiger partial charge in [0.05, 0.1) is 18.2 Å². The molecule has 2 aromatic carbocycles. The van der Waals surface area contributed by atoms with Crippen molar-refractivity contribution in [1.82, 2.24) is 10.1 Å². The summed E-state index contributed by atoms with van der Waals surface area (Å²) < 4.78 is 11.9. The average Bonchev–Trinajstić information content (AvgIpc) is 3.55. The highest BCUT2D eigenvalue weighted by Gasteiger charge is 2.29. The van der Waals surface area contributed by atoms with Crippen molar-refractivity contribution in [3.63, 3.8) is 0 Å².